The van der Waals surface area contributed by atoms with Gasteiger partial charge in [0.15, 0.2) is 0 Å². The molecule has 126 valence electrons. The van der Waals surface area contributed by atoms with Crippen LogP contribution in [-0.2, 0) is 4.74 Å². The third kappa shape index (κ3) is 3.07. The third-order valence-corrected chi connectivity index (χ3v) is 4.72. The number of rotatable bonds is 3. The molecule has 0 bridgehead atoms. The van der Waals surface area contributed by atoms with Crippen LogP contribution < -0.4 is 0 Å². The second-order valence-electron chi connectivity index (χ2n) is 6.36. The van der Waals surface area contributed by atoms with Gasteiger partial charge in [0, 0.05) is 43.6 Å². The highest BCUT2D eigenvalue weighted by Gasteiger charge is 2.31. The molecular formula is C17H25N3O3. The highest BCUT2D eigenvalue weighted by atomic mass is 16.6. The van der Waals surface area contributed by atoms with Crippen molar-refractivity contribution in [2.75, 3.05) is 32.8 Å². The van der Waals surface area contributed by atoms with E-state index < -0.39 is 0 Å². The van der Waals surface area contributed by atoms with Gasteiger partial charge in [0.2, 0.25) is 0 Å². The molecule has 2 heterocycles. The SMILES string of the molecule is CCOC(=O)N1CCN(C(=O)c2cc(C)n(C3CC3)c2C)CC1. The van der Waals surface area contributed by atoms with E-state index in [0.717, 1.165) is 11.3 Å². The molecule has 0 N–H and O–H groups in total. The Morgan fingerprint density at radius 1 is 1.13 bits per heavy atom. The molecule has 1 aromatic rings. The molecule has 1 aliphatic carbocycles. The number of hydrogen-bond donors (Lipinski definition) is 0. The molecule has 6 heteroatoms. The molecule has 1 saturated carbocycles. The largest absolute Gasteiger partial charge is 0.450 e. The van der Waals surface area contributed by atoms with Crippen molar-refractivity contribution in [3.63, 3.8) is 0 Å². The van der Waals surface area contributed by atoms with E-state index in [1.54, 1.807) is 11.8 Å². The van der Waals surface area contributed by atoms with Gasteiger partial charge in [-0.05, 0) is 39.7 Å². The lowest BCUT2D eigenvalue weighted by Gasteiger charge is -2.34. The van der Waals surface area contributed by atoms with Gasteiger partial charge in [-0.15, -0.1) is 0 Å². The molecule has 6 nitrogen and oxygen atoms in total. The average Bonchev–Trinajstić information content (AvgIpc) is 3.33. The Kier molecular flexibility index (Phi) is 4.33. The standard InChI is InChI=1S/C17H25N3O3/c1-4-23-17(22)19-9-7-18(8-10-19)16(21)15-11-12(2)20(13(15)3)14-5-6-14/h11,14H,4-10H2,1-3H3. The zero-order valence-electron chi connectivity index (χ0n) is 14.2. The summed E-state index contributed by atoms with van der Waals surface area (Å²) in [6.07, 6.45) is 2.14. The number of carbonyl (C=O) groups excluding carboxylic acids is 2. The molecule has 23 heavy (non-hydrogen) atoms. The molecule has 2 aliphatic rings. The van der Waals surface area contributed by atoms with Gasteiger partial charge < -0.3 is 19.1 Å². The van der Waals surface area contributed by atoms with Gasteiger partial charge in [-0.25, -0.2) is 4.79 Å². The molecule has 2 amide bonds. The minimum atomic E-state index is -0.286. The number of aryl methyl sites for hydroxylation is 1. The molecule has 1 aliphatic heterocycles. The highest BCUT2D eigenvalue weighted by Crippen LogP contribution is 2.38. The Balaban J connectivity index is 1.66. The summed E-state index contributed by atoms with van der Waals surface area (Å²) < 4.78 is 7.31. The lowest BCUT2D eigenvalue weighted by Crippen LogP contribution is -2.50. The summed E-state index contributed by atoms with van der Waals surface area (Å²) in [7, 11) is 0. The van der Waals surface area contributed by atoms with Crippen molar-refractivity contribution in [2.24, 2.45) is 0 Å². The number of amides is 2. The molecule has 0 atom stereocenters. The quantitative estimate of drug-likeness (QED) is 0.859. The van der Waals surface area contributed by atoms with Crippen LogP contribution in [-0.4, -0.2) is 59.2 Å². The number of hydrogen-bond acceptors (Lipinski definition) is 3. The maximum Gasteiger partial charge on any atom is 0.409 e. The molecule has 1 aromatic heterocycles. The zero-order valence-corrected chi connectivity index (χ0v) is 14.2. The van der Waals surface area contributed by atoms with Crippen molar-refractivity contribution in [1.29, 1.82) is 0 Å². The summed E-state index contributed by atoms with van der Waals surface area (Å²) in [6.45, 7) is 8.47. The van der Waals surface area contributed by atoms with Crippen molar-refractivity contribution in [3.05, 3.63) is 23.0 Å². The Morgan fingerprint density at radius 2 is 1.74 bits per heavy atom. The number of carbonyl (C=O) groups is 2. The van der Waals surface area contributed by atoms with Gasteiger partial charge in [0.25, 0.3) is 5.91 Å². The van der Waals surface area contributed by atoms with Crippen molar-refractivity contribution in [2.45, 2.75) is 39.7 Å². The van der Waals surface area contributed by atoms with Crippen LogP contribution in [0.3, 0.4) is 0 Å². The normalized spacial score (nSPS) is 18.2. The second-order valence-corrected chi connectivity index (χ2v) is 6.36. The van der Waals surface area contributed by atoms with Crippen LogP contribution in [0, 0.1) is 13.8 Å². The minimum absolute atomic E-state index is 0.0773. The van der Waals surface area contributed by atoms with E-state index in [-0.39, 0.29) is 12.0 Å². The molecule has 0 radical (unpaired) electrons. The van der Waals surface area contributed by atoms with E-state index in [1.165, 1.54) is 18.5 Å². The second kappa shape index (κ2) is 6.26. The maximum atomic E-state index is 12.8. The summed E-state index contributed by atoms with van der Waals surface area (Å²) in [5.41, 5.74) is 3.04. The van der Waals surface area contributed by atoms with E-state index in [2.05, 4.69) is 11.5 Å². The van der Waals surface area contributed by atoms with Gasteiger partial charge in [-0.1, -0.05) is 0 Å². The van der Waals surface area contributed by atoms with Crippen LogP contribution in [0.5, 0.6) is 0 Å². The maximum absolute atomic E-state index is 12.8. The Hall–Kier alpha value is -1.98. The van der Waals surface area contributed by atoms with Gasteiger partial charge >= 0.3 is 6.09 Å². The van der Waals surface area contributed by atoms with Gasteiger partial charge in [-0.3, -0.25) is 4.79 Å². The first-order valence-electron chi connectivity index (χ1n) is 8.42. The van der Waals surface area contributed by atoms with E-state index in [0.29, 0.717) is 38.8 Å². The molecule has 1 saturated heterocycles. The van der Waals surface area contributed by atoms with Crippen molar-refractivity contribution >= 4 is 12.0 Å². The molecule has 0 unspecified atom stereocenters. The predicted octanol–water partition coefficient (Wildman–Crippen LogP) is 2.35. The van der Waals surface area contributed by atoms with Crippen molar-refractivity contribution < 1.29 is 14.3 Å². The molecule has 0 spiro atoms. The van der Waals surface area contributed by atoms with Crippen LogP contribution >= 0.6 is 0 Å². The van der Waals surface area contributed by atoms with Crippen LogP contribution in [0.15, 0.2) is 6.07 Å². The monoisotopic (exact) mass is 319 g/mol. The van der Waals surface area contributed by atoms with Crippen molar-refractivity contribution in [3.8, 4) is 0 Å². The van der Waals surface area contributed by atoms with Crippen LogP contribution in [0.25, 0.3) is 0 Å². The summed E-state index contributed by atoms with van der Waals surface area (Å²) in [5.74, 6) is 0.0773. The summed E-state index contributed by atoms with van der Waals surface area (Å²) in [4.78, 5) is 28.0. The van der Waals surface area contributed by atoms with Crippen LogP contribution in [0.1, 0.15) is 47.6 Å². The van der Waals surface area contributed by atoms with Gasteiger partial charge in [0.05, 0.1) is 12.2 Å². The number of aromatic nitrogens is 1. The summed E-state index contributed by atoms with van der Waals surface area (Å²) in [6, 6.07) is 2.59. The fourth-order valence-corrected chi connectivity index (χ4v) is 3.37. The number of nitrogens with zero attached hydrogens (tertiary/aromatic N) is 3. The topological polar surface area (TPSA) is 54.8 Å². The van der Waals surface area contributed by atoms with E-state index >= 15 is 0 Å². The fraction of sp³-hybridized carbons (Fsp3) is 0.647. The van der Waals surface area contributed by atoms with E-state index in [4.69, 9.17) is 4.74 Å². The molecule has 3 rings (SSSR count). The Morgan fingerprint density at radius 3 is 2.30 bits per heavy atom. The first kappa shape index (κ1) is 15.9. The van der Waals surface area contributed by atoms with Gasteiger partial charge in [-0.2, -0.15) is 0 Å². The fourth-order valence-electron chi connectivity index (χ4n) is 3.37. The summed E-state index contributed by atoms with van der Waals surface area (Å²) in [5, 5.41) is 0. The predicted molar refractivity (Wildman–Crippen MR) is 86.7 cm³/mol. The van der Waals surface area contributed by atoms with Crippen molar-refractivity contribution in [1.82, 2.24) is 14.4 Å². The third-order valence-electron chi connectivity index (χ3n) is 4.72. The van der Waals surface area contributed by atoms with Gasteiger partial charge in [0.1, 0.15) is 0 Å². The minimum Gasteiger partial charge on any atom is -0.450 e. The van der Waals surface area contributed by atoms with Crippen LogP contribution in [0.4, 0.5) is 4.79 Å². The Bertz CT molecular complexity index is 611. The van der Waals surface area contributed by atoms with E-state index in [1.807, 2.05) is 17.9 Å². The number of ether oxygens (including phenoxy) is 1. The number of piperazine rings is 1. The first-order chi connectivity index (χ1) is 11.0. The highest BCUT2D eigenvalue weighted by molar-refractivity contribution is 5.96. The van der Waals surface area contributed by atoms with Crippen LogP contribution in [0.2, 0.25) is 0 Å². The zero-order chi connectivity index (χ0) is 16.6. The lowest BCUT2D eigenvalue weighted by molar-refractivity contribution is 0.0570. The smallest absolute Gasteiger partial charge is 0.409 e. The first-order valence-corrected chi connectivity index (χ1v) is 8.42. The van der Waals surface area contributed by atoms with E-state index in [9.17, 15) is 9.59 Å². The Labute approximate surface area is 137 Å². The average molecular weight is 319 g/mol. The molecule has 2 fully saturated rings. The lowest BCUT2D eigenvalue weighted by atomic mass is 10.2. The molecule has 0 aromatic carbocycles. The summed E-state index contributed by atoms with van der Waals surface area (Å²) >= 11 is 0. The molecular weight excluding hydrogens is 294 g/mol.